The third-order valence-electron chi connectivity index (χ3n) is 4.55. The first kappa shape index (κ1) is 18.0. The van der Waals surface area contributed by atoms with Crippen LogP contribution in [0, 0.1) is 4.64 Å². The maximum Gasteiger partial charge on any atom is 0.244 e. The maximum absolute atomic E-state index is 12.8. The van der Waals surface area contributed by atoms with Gasteiger partial charge in [-0.25, -0.2) is 8.42 Å². The van der Waals surface area contributed by atoms with E-state index in [9.17, 15) is 13.5 Å². The Bertz CT molecular complexity index is 728. The first-order chi connectivity index (χ1) is 11.5. The van der Waals surface area contributed by atoms with Gasteiger partial charge in [-0.05, 0) is 25.0 Å². The van der Waals surface area contributed by atoms with Crippen LogP contribution in [0.5, 0.6) is 0 Å². The summed E-state index contributed by atoms with van der Waals surface area (Å²) in [6.07, 6.45) is 3.14. The molecule has 9 heteroatoms. The van der Waals surface area contributed by atoms with Crippen LogP contribution in [0.25, 0.3) is 0 Å². The van der Waals surface area contributed by atoms with Crippen molar-refractivity contribution in [2.24, 2.45) is 0 Å². The summed E-state index contributed by atoms with van der Waals surface area (Å²) >= 11 is 5.35. The zero-order chi connectivity index (χ0) is 17.2. The van der Waals surface area contributed by atoms with E-state index in [2.05, 4.69) is 0 Å². The topological polar surface area (TPSA) is 76.2 Å². The van der Waals surface area contributed by atoms with Crippen LogP contribution in [0.2, 0.25) is 0 Å². The van der Waals surface area contributed by atoms with Crippen molar-refractivity contribution in [2.45, 2.75) is 30.5 Å². The molecule has 2 atom stereocenters. The molecule has 2 N–H and O–H groups in total. The first-order valence-corrected chi connectivity index (χ1v) is 10.1. The molecule has 2 aliphatic heterocycles. The van der Waals surface area contributed by atoms with E-state index < -0.39 is 10.0 Å². The molecule has 0 spiro atoms. The normalized spacial score (nSPS) is 26.4. The summed E-state index contributed by atoms with van der Waals surface area (Å²) < 4.78 is 34.6. The molecular weight excluding hydrogens is 350 g/mol. The highest BCUT2D eigenvalue weighted by Crippen LogP contribution is 2.16. The monoisotopic (exact) mass is 374 g/mol. The second-order valence-corrected chi connectivity index (χ2v) is 8.70. The van der Waals surface area contributed by atoms with E-state index in [1.807, 2.05) is 0 Å². The van der Waals surface area contributed by atoms with Crippen molar-refractivity contribution in [3.63, 3.8) is 0 Å². The van der Waals surface area contributed by atoms with Crippen LogP contribution in [0.4, 0.5) is 0 Å². The number of pyridine rings is 1. The minimum absolute atomic E-state index is 0.259. The average Bonchev–Trinajstić information content (AvgIpc) is 2.57. The number of piperidine rings is 1. The van der Waals surface area contributed by atoms with E-state index in [1.54, 1.807) is 22.9 Å². The van der Waals surface area contributed by atoms with Crippen molar-refractivity contribution in [3.05, 3.63) is 23.0 Å². The van der Waals surface area contributed by atoms with E-state index in [1.165, 1.54) is 9.21 Å². The summed E-state index contributed by atoms with van der Waals surface area (Å²) in [6.45, 7) is 3.80. The Kier molecular flexibility index (Phi) is 5.68. The van der Waals surface area contributed by atoms with Gasteiger partial charge in [0.1, 0.15) is 17.3 Å². The number of quaternary nitrogens is 1. The van der Waals surface area contributed by atoms with E-state index >= 15 is 0 Å². The predicted octanol–water partition coefficient (Wildman–Crippen LogP) is -0.764. The van der Waals surface area contributed by atoms with Crippen molar-refractivity contribution in [1.82, 2.24) is 8.87 Å². The van der Waals surface area contributed by atoms with Gasteiger partial charge in [-0.2, -0.15) is 4.31 Å². The fourth-order valence-electron chi connectivity index (χ4n) is 3.23. The Labute approximate surface area is 147 Å². The minimum Gasteiger partial charge on any atom is -0.387 e. The van der Waals surface area contributed by atoms with Gasteiger partial charge in [-0.15, -0.1) is 0 Å². The van der Waals surface area contributed by atoms with Crippen LogP contribution < -0.4 is 4.90 Å². The van der Waals surface area contributed by atoms with Crippen molar-refractivity contribution >= 4 is 22.2 Å². The highest BCUT2D eigenvalue weighted by atomic mass is 32.2. The minimum atomic E-state index is -3.53. The maximum atomic E-state index is 12.8. The van der Waals surface area contributed by atoms with Crippen molar-refractivity contribution in [1.29, 1.82) is 0 Å². The smallest absolute Gasteiger partial charge is 0.244 e. The second kappa shape index (κ2) is 7.59. The van der Waals surface area contributed by atoms with Gasteiger partial charge in [-0.1, -0.05) is 12.2 Å². The molecule has 24 heavy (non-hydrogen) atoms. The molecule has 3 heterocycles. The molecule has 7 nitrogen and oxygen atoms in total. The van der Waals surface area contributed by atoms with Gasteiger partial charge in [0.2, 0.25) is 10.0 Å². The molecule has 3 rings (SSSR count). The number of aliphatic hydroxyl groups excluding tert-OH is 1. The van der Waals surface area contributed by atoms with Crippen LogP contribution in [0.1, 0.15) is 12.8 Å². The van der Waals surface area contributed by atoms with Crippen LogP contribution in [-0.2, 0) is 21.4 Å². The van der Waals surface area contributed by atoms with E-state index in [0.717, 1.165) is 19.4 Å². The number of ether oxygens (including phenoxy) is 1. The van der Waals surface area contributed by atoms with Gasteiger partial charge >= 0.3 is 0 Å². The summed E-state index contributed by atoms with van der Waals surface area (Å²) in [6, 6.07) is 3.24. The van der Waals surface area contributed by atoms with Gasteiger partial charge in [0.25, 0.3) is 0 Å². The Morgan fingerprint density at radius 3 is 2.79 bits per heavy atom. The van der Waals surface area contributed by atoms with Crippen LogP contribution in [0.15, 0.2) is 23.2 Å². The number of nitrogens with one attached hydrogen (secondary N) is 1. The second-order valence-electron chi connectivity index (χ2n) is 6.35. The molecule has 2 fully saturated rings. The van der Waals surface area contributed by atoms with Crippen LogP contribution in [-0.4, -0.2) is 67.9 Å². The molecule has 0 saturated carbocycles. The molecule has 2 saturated heterocycles. The summed E-state index contributed by atoms with van der Waals surface area (Å²) in [4.78, 5) is 1.47. The summed E-state index contributed by atoms with van der Waals surface area (Å²) in [5.74, 6) is 0. The Morgan fingerprint density at radius 2 is 2.08 bits per heavy atom. The fourth-order valence-corrected chi connectivity index (χ4v) is 4.84. The number of aliphatic hydroxyl groups is 1. The standard InChI is InChI=1S/C15H23N3O4S2/c19-13-2-1-5-16(10-13)12-17-11-14(3-4-15(17)23)24(20,21)18-6-8-22-9-7-18/h3-4,11,13,19H,1-2,5-10,12H2/p+1/t13-/m0/s1. The first-order valence-electron chi connectivity index (χ1n) is 8.27. The number of hydrogen-bond acceptors (Lipinski definition) is 5. The lowest BCUT2D eigenvalue weighted by Crippen LogP contribution is -3.13. The fraction of sp³-hybridized carbons (Fsp3) is 0.667. The van der Waals surface area contributed by atoms with E-state index in [0.29, 0.717) is 44.2 Å². The molecular formula is C15H24N3O4S2+. The van der Waals surface area contributed by atoms with Gasteiger partial charge in [0.05, 0.1) is 24.7 Å². The van der Waals surface area contributed by atoms with Crippen LogP contribution >= 0.6 is 12.2 Å². The molecule has 0 bridgehead atoms. The zero-order valence-electron chi connectivity index (χ0n) is 13.6. The average molecular weight is 375 g/mol. The molecule has 1 unspecified atom stereocenters. The highest BCUT2D eigenvalue weighted by molar-refractivity contribution is 7.89. The highest BCUT2D eigenvalue weighted by Gasteiger charge is 2.27. The largest absolute Gasteiger partial charge is 0.387 e. The lowest BCUT2D eigenvalue weighted by Gasteiger charge is -2.28. The molecule has 1 aromatic heterocycles. The summed E-state index contributed by atoms with van der Waals surface area (Å²) in [5, 5.41) is 9.81. The molecule has 0 amide bonds. The van der Waals surface area contributed by atoms with Crippen molar-refractivity contribution in [3.8, 4) is 0 Å². The summed E-state index contributed by atoms with van der Waals surface area (Å²) in [5.41, 5.74) is 0. The quantitative estimate of drug-likeness (QED) is 0.678. The number of nitrogens with zero attached hydrogens (tertiary/aromatic N) is 2. The van der Waals surface area contributed by atoms with Gasteiger partial charge < -0.3 is 14.7 Å². The molecule has 0 aromatic carbocycles. The van der Waals surface area contributed by atoms with Gasteiger partial charge in [0.15, 0.2) is 6.67 Å². The van der Waals surface area contributed by atoms with E-state index in [4.69, 9.17) is 17.0 Å². The van der Waals surface area contributed by atoms with Gasteiger partial charge in [0, 0.05) is 19.3 Å². The van der Waals surface area contributed by atoms with Crippen molar-refractivity contribution < 1.29 is 23.2 Å². The zero-order valence-corrected chi connectivity index (χ0v) is 15.2. The molecule has 2 aliphatic rings. The third kappa shape index (κ3) is 4.04. The van der Waals surface area contributed by atoms with Crippen molar-refractivity contribution in [2.75, 3.05) is 39.4 Å². The Hall–Kier alpha value is -0.840. The number of rotatable bonds is 4. The number of morpholine rings is 1. The molecule has 0 radical (unpaired) electrons. The van der Waals surface area contributed by atoms with Gasteiger partial charge in [-0.3, -0.25) is 4.57 Å². The van der Waals surface area contributed by atoms with E-state index in [-0.39, 0.29) is 11.0 Å². The molecule has 0 aliphatic carbocycles. The lowest BCUT2D eigenvalue weighted by molar-refractivity contribution is -0.930. The molecule has 1 aromatic rings. The number of likely N-dealkylation sites (tertiary alicyclic amines) is 1. The SMILES string of the molecule is O=S(=O)(c1ccc(=S)n(C[NH+]2CCC[C@H](O)C2)c1)N1CCOCC1. The number of sulfonamides is 1. The molecule has 134 valence electrons. The number of hydrogen-bond donors (Lipinski definition) is 2. The predicted molar refractivity (Wildman–Crippen MR) is 90.8 cm³/mol. The Morgan fingerprint density at radius 1 is 1.33 bits per heavy atom. The lowest BCUT2D eigenvalue weighted by atomic mass is 10.1. The van der Waals surface area contributed by atoms with Crippen LogP contribution in [0.3, 0.4) is 0 Å². The third-order valence-corrected chi connectivity index (χ3v) is 6.80. The number of aromatic nitrogens is 1. The Balaban J connectivity index is 1.81. The summed E-state index contributed by atoms with van der Waals surface area (Å²) in [7, 11) is -3.53.